The number of nitrogens with zero attached hydrogens (tertiary/aromatic N) is 2. The molecule has 0 fully saturated rings. The zero-order valence-electron chi connectivity index (χ0n) is 12.4. The molecule has 0 aliphatic heterocycles. The van der Waals surface area contributed by atoms with E-state index in [1.165, 1.54) is 39.0 Å². The number of aryl methyl sites for hydroxylation is 2. The highest BCUT2D eigenvalue weighted by molar-refractivity contribution is 7.99. The SMILES string of the molecule is Cc1ccc(C(=O)CSc2nc3sc(C)cc3c(=O)n2C)s1. The molecule has 3 rings (SSSR count). The minimum atomic E-state index is -0.0590. The van der Waals surface area contributed by atoms with E-state index in [-0.39, 0.29) is 17.1 Å². The fraction of sp³-hybridized carbons (Fsp3) is 0.267. The van der Waals surface area contributed by atoms with Crippen LogP contribution < -0.4 is 5.56 Å². The minimum Gasteiger partial charge on any atom is -0.292 e. The molecule has 0 saturated heterocycles. The van der Waals surface area contributed by atoms with Gasteiger partial charge in [0.05, 0.1) is 16.0 Å². The maximum atomic E-state index is 12.3. The van der Waals surface area contributed by atoms with Crippen LogP contribution in [0.15, 0.2) is 28.2 Å². The molecule has 0 aliphatic rings. The van der Waals surface area contributed by atoms with E-state index in [4.69, 9.17) is 0 Å². The standard InChI is InChI=1S/C15H14N2O2S3/c1-8-4-5-12(21-8)11(18)7-20-15-16-13-10(6-9(2)22-13)14(19)17(15)3/h4-6H,7H2,1-3H3. The number of fused-ring (bicyclic) bond motifs is 1. The predicted octanol–water partition coefficient (Wildman–Crippen LogP) is 3.65. The fourth-order valence-electron chi connectivity index (χ4n) is 2.08. The van der Waals surface area contributed by atoms with Gasteiger partial charge >= 0.3 is 0 Å². The molecule has 0 bridgehead atoms. The van der Waals surface area contributed by atoms with E-state index in [2.05, 4.69) is 4.98 Å². The first-order chi connectivity index (χ1) is 10.5. The molecule has 0 unspecified atom stereocenters. The molecule has 4 nitrogen and oxygen atoms in total. The van der Waals surface area contributed by atoms with Gasteiger partial charge < -0.3 is 0 Å². The molecule has 0 aromatic carbocycles. The Morgan fingerprint density at radius 2 is 2.05 bits per heavy atom. The van der Waals surface area contributed by atoms with Gasteiger partial charge in [0.15, 0.2) is 10.9 Å². The third kappa shape index (κ3) is 2.88. The van der Waals surface area contributed by atoms with Crippen molar-refractivity contribution in [1.29, 1.82) is 0 Å². The molecular weight excluding hydrogens is 336 g/mol. The second-order valence-corrected chi connectivity index (χ2v) is 8.42. The van der Waals surface area contributed by atoms with Crippen LogP contribution in [0.4, 0.5) is 0 Å². The number of thiophene rings is 2. The summed E-state index contributed by atoms with van der Waals surface area (Å²) in [6, 6.07) is 5.65. The summed E-state index contributed by atoms with van der Waals surface area (Å²) in [7, 11) is 1.70. The van der Waals surface area contributed by atoms with Crippen LogP contribution in [-0.2, 0) is 7.05 Å². The summed E-state index contributed by atoms with van der Waals surface area (Å²) in [6.07, 6.45) is 0. The Kier molecular flexibility index (Phi) is 4.20. The summed E-state index contributed by atoms with van der Waals surface area (Å²) in [4.78, 5) is 32.7. The van der Waals surface area contributed by atoms with Gasteiger partial charge in [-0.05, 0) is 32.0 Å². The summed E-state index contributed by atoms with van der Waals surface area (Å²) in [6.45, 7) is 3.94. The Hall–Kier alpha value is -1.44. The van der Waals surface area contributed by atoms with Gasteiger partial charge in [0, 0.05) is 16.8 Å². The van der Waals surface area contributed by atoms with E-state index in [1.807, 2.05) is 32.0 Å². The Morgan fingerprint density at radius 3 is 2.73 bits per heavy atom. The van der Waals surface area contributed by atoms with Crippen molar-refractivity contribution in [1.82, 2.24) is 9.55 Å². The lowest BCUT2D eigenvalue weighted by atomic mass is 10.3. The van der Waals surface area contributed by atoms with Crippen LogP contribution in [0, 0.1) is 13.8 Å². The zero-order chi connectivity index (χ0) is 15.9. The molecule has 0 N–H and O–H groups in total. The van der Waals surface area contributed by atoms with Crippen molar-refractivity contribution in [3.63, 3.8) is 0 Å². The monoisotopic (exact) mass is 350 g/mol. The van der Waals surface area contributed by atoms with Crippen LogP contribution in [0.5, 0.6) is 0 Å². The molecule has 0 saturated carbocycles. The lowest BCUT2D eigenvalue weighted by Gasteiger charge is -2.05. The number of carbonyl (C=O) groups is 1. The third-order valence-corrected chi connectivity index (χ3v) is 6.22. The summed E-state index contributed by atoms with van der Waals surface area (Å²) < 4.78 is 1.52. The van der Waals surface area contributed by atoms with Gasteiger partial charge in [-0.15, -0.1) is 22.7 Å². The van der Waals surface area contributed by atoms with Crippen LogP contribution >= 0.6 is 34.4 Å². The molecule has 3 aromatic rings. The first-order valence-electron chi connectivity index (χ1n) is 6.65. The van der Waals surface area contributed by atoms with E-state index in [0.29, 0.717) is 10.5 Å². The van der Waals surface area contributed by atoms with Crippen molar-refractivity contribution in [2.24, 2.45) is 7.05 Å². The Bertz CT molecular complexity index is 921. The molecule has 3 aromatic heterocycles. The molecular formula is C15H14N2O2S3. The average Bonchev–Trinajstić information content (AvgIpc) is 3.06. The Balaban J connectivity index is 1.86. The van der Waals surface area contributed by atoms with Gasteiger partial charge in [0.25, 0.3) is 5.56 Å². The summed E-state index contributed by atoms with van der Waals surface area (Å²) in [5.41, 5.74) is -0.0590. The average molecular weight is 350 g/mol. The van der Waals surface area contributed by atoms with Crippen molar-refractivity contribution >= 4 is 50.4 Å². The molecule has 3 heterocycles. The molecule has 22 heavy (non-hydrogen) atoms. The summed E-state index contributed by atoms with van der Waals surface area (Å²) in [5, 5.41) is 1.23. The van der Waals surface area contributed by atoms with E-state index >= 15 is 0 Å². The van der Waals surface area contributed by atoms with Crippen molar-refractivity contribution < 1.29 is 4.79 Å². The highest BCUT2D eigenvalue weighted by Gasteiger charge is 2.14. The number of Topliss-reactive ketones (excluding diaryl/α,β-unsaturated/α-hetero) is 1. The Labute approximate surface area is 139 Å². The molecule has 7 heteroatoms. The highest BCUT2D eigenvalue weighted by Crippen LogP contribution is 2.25. The molecule has 0 aliphatic carbocycles. The number of ketones is 1. The first kappa shape index (κ1) is 15.5. The van der Waals surface area contributed by atoms with Gasteiger partial charge in [-0.25, -0.2) is 4.98 Å². The lowest BCUT2D eigenvalue weighted by molar-refractivity contribution is 0.102. The van der Waals surface area contributed by atoms with E-state index < -0.39 is 0 Å². The summed E-state index contributed by atoms with van der Waals surface area (Å²) >= 11 is 4.31. The molecule has 0 atom stereocenters. The normalized spacial score (nSPS) is 11.2. The van der Waals surface area contributed by atoms with Crippen molar-refractivity contribution in [2.45, 2.75) is 19.0 Å². The van der Waals surface area contributed by atoms with Gasteiger partial charge in [0.2, 0.25) is 0 Å². The van der Waals surface area contributed by atoms with Crippen LogP contribution in [0.1, 0.15) is 19.4 Å². The van der Waals surface area contributed by atoms with E-state index in [1.54, 1.807) is 7.05 Å². The minimum absolute atomic E-state index is 0.0590. The number of thioether (sulfide) groups is 1. The van der Waals surface area contributed by atoms with Gasteiger partial charge in [-0.3, -0.25) is 14.2 Å². The molecule has 0 radical (unpaired) electrons. The number of hydrogen-bond acceptors (Lipinski definition) is 6. The first-order valence-corrected chi connectivity index (χ1v) is 9.27. The molecule has 0 amide bonds. The zero-order valence-corrected chi connectivity index (χ0v) is 14.8. The van der Waals surface area contributed by atoms with Gasteiger partial charge in [-0.1, -0.05) is 11.8 Å². The van der Waals surface area contributed by atoms with E-state index in [0.717, 1.165) is 19.5 Å². The van der Waals surface area contributed by atoms with E-state index in [9.17, 15) is 9.59 Å². The molecule has 0 spiro atoms. The highest BCUT2D eigenvalue weighted by atomic mass is 32.2. The number of carbonyl (C=O) groups excluding carboxylic acids is 1. The smallest absolute Gasteiger partial charge is 0.262 e. The van der Waals surface area contributed by atoms with Crippen LogP contribution in [0.2, 0.25) is 0 Å². The quantitative estimate of drug-likeness (QED) is 0.409. The van der Waals surface area contributed by atoms with Crippen molar-refractivity contribution in [3.05, 3.63) is 43.2 Å². The number of rotatable bonds is 4. The third-order valence-electron chi connectivity index (χ3n) is 3.20. The maximum absolute atomic E-state index is 12.3. The maximum Gasteiger partial charge on any atom is 0.262 e. The second-order valence-electron chi connectivity index (χ2n) is 4.96. The molecule has 114 valence electrons. The Morgan fingerprint density at radius 1 is 1.27 bits per heavy atom. The van der Waals surface area contributed by atoms with Gasteiger partial charge in [-0.2, -0.15) is 0 Å². The van der Waals surface area contributed by atoms with Crippen molar-refractivity contribution in [2.75, 3.05) is 5.75 Å². The second kappa shape index (κ2) is 5.98. The number of hydrogen-bond donors (Lipinski definition) is 0. The predicted molar refractivity (Wildman–Crippen MR) is 93.7 cm³/mol. The van der Waals surface area contributed by atoms with Crippen LogP contribution in [0.25, 0.3) is 10.2 Å². The lowest BCUT2D eigenvalue weighted by Crippen LogP contribution is -2.19. The number of aromatic nitrogens is 2. The topological polar surface area (TPSA) is 52.0 Å². The fourth-order valence-corrected chi connectivity index (χ4v) is 4.75. The van der Waals surface area contributed by atoms with Crippen molar-refractivity contribution in [3.8, 4) is 0 Å². The van der Waals surface area contributed by atoms with Gasteiger partial charge in [0.1, 0.15) is 4.83 Å². The van der Waals surface area contributed by atoms with Crippen LogP contribution in [-0.4, -0.2) is 21.1 Å². The largest absolute Gasteiger partial charge is 0.292 e. The summed E-state index contributed by atoms with van der Waals surface area (Å²) in [5.74, 6) is 0.357. The van der Waals surface area contributed by atoms with Crippen LogP contribution in [0.3, 0.4) is 0 Å².